The van der Waals surface area contributed by atoms with Gasteiger partial charge in [0.1, 0.15) is 5.69 Å². The van der Waals surface area contributed by atoms with E-state index in [0.29, 0.717) is 0 Å². The summed E-state index contributed by atoms with van der Waals surface area (Å²) >= 11 is 0. The number of nitro groups is 1. The third-order valence-electron chi connectivity index (χ3n) is 2.63. The van der Waals surface area contributed by atoms with Crippen LogP contribution in [0.15, 0.2) is 35.3 Å². The largest absolute Gasteiger partial charge is 0.494 e. The first-order valence-electron chi connectivity index (χ1n) is 5.60. The number of rotatable bonds is 4. The topological polar surface area (TPSA) is 125 Å². The van der Waals surface area contributed by atoms with Crippen molar-refractivity contribution in [3.8, 4) is 11.4 Å². The molecule has 108 valence electrons. The van der Waals surface area contributed by atoms with Crippen molar-refractivity contribution in [2.75, 3.05) is 7.11 Å². The van der Waals surface area contributed by atoms with Gasteiger partial charge in [-0.1, -0.05) is 0 Å². The van der Waals surface area contributed by atoms with Crippen LogP contribution in [0.5, 0.6) is 5.75 Å². The first-order chi connectivity index (χ1) is 9.93. The number of non-ortho nitro benzene ring substituents is 1. The minimum atomic E-state index is -1.46. The highest BCUT2D eigenvalue weighted by atomic mass is 16.6. The van der Waals surface area contributed by atoms with Crippen molar-refractivity contribution in [2.45, 2.75) is 0 Å². The maximum Gasteiger partial charge on any atom is 0.360 e. The van der Waals surface area contributed by atoms with Gasteiger partial charge in [0.2, 0.25) is 11.1 Å². The Morgan fingerprint density at radius 1 is 1.43 bits per heavy atom. The molecule has 1 aromatic heterocycles. The van der Waals surface area contributed by atoms with Gasteiger partial charge in [-0.2, -0.15) is 5.10 Å². The van der Waals surface area contributed by atoms with Gasteiger partial charge in [0.05, 0.1) is 18.1 Å². The lowest BCUT2D eigenvalue weighted by atomic mass is 10.2. The minimum Gasteiger partial charge on any atom is -0.494 e. The van der Waals surface area contributed by atoms with Crippen LogP contribution in [0.3, 0.4) is 0 Å². The Labute approximate surface area is 117 Å². The van der Waals surface area contributed by atoms with Crippen molar-refractivity contribution < 1.29 is 19.6 Å². The molecule has 1 N–H and O–H groups in total. The quantitative estimate of drug-likeness (QED) is 0.653. The highest BCUT2D eigenvalue weighted by Crippen LogP contribution is 2.26. The van der Waals surface area contributed by atoms with Gasteiger partial charge in [0.15, 0.2) is 5.75 Å². The molecule has 21 heavy (non-hydrogen) atoms. The van der Waals surface area contributed by atoms with Gasteiger partial charge in [-0.25, -0.2) is 9.48 Å². The minimum absolute atomic E-state index is 0.122. The number of carboxylic acid groups (broad SMARTS) is 1. The van der Waals surface area contributed by atoms with Crippen molar-refractivity contribution in [1.29, 1.82) is 0 Å². The summed E-state index contributed by atoms with van der Waals surface area (Å²) in [5, 5.41) is 23.3. The summed E-state index contributed by atoms with van der Waals surface area (Å²) in [6, 6.07) is 4.78. The Kier molecular flexibility index (Phi) is 3.65. The summed E-state index contributed by atoms with van der Waals surface area (Å²) in [4.78, 5) is 32.4. The summed E-state index contributed by atoms with van der Waals surface area (Å²) in [6.45, 7) is 0. The summed E-state index contributed by atoms with van der Waals surface area (Å²) in [6.07, 6.45) is 1.25. The van der Waals surface area contributed by atoms with Crippen molar-refractivity contribution in [2.24, 2.45) is 0 Å². The Balaban J connectivity index is 2.61. The van der Waals surface area contributed by atoms with Crippen LogP contribution in [0.2, 0.25) is 0 Å². The highest BCUT2D eigenvalue weighted by molar-refractivity contribution is 5.84. The van der Waals surface area contributed by atoms with E-state index in [-0.39, 0.29) is 17.1 Å². The third kappa shape index (κ3) is 2.71. The van der Waals surface area contributed by atoms with Gasteiger partial charge < -0.3 is 9.84 Å². The second-order valence-corrected chi connectivity index (χ2v) is 3.89. The molecule has 0 fully saturated rings. The molecule has 0 aliphatic rings. The second-order valence-electron chi connectivity index (χ2n) is 3.89. The number of benzene rings is 1. The average molecular weight is 291 g/mol. The van der Waals surface area contributed by atoms with E-state index in [1.165, 1.54) is 31.5 Å². The molecule has 0 spiro atoms. The lowest BCUT2D eigenvalue weighted by molar-refractivity contribution is -0.384. The van der Waals surface area contributed by atoms with Crippen LogP contribution in [-0.2, 0) is 0 Å². The molecule has 1 aromatic carbocycles. The molecular formula is C12H9N3O6. The number of methoxy groups -OCH3 is 1. The molecule has 0 aliphatic heterocycles. The number of aromatic nitrogens is 2. The first kappa shape index (κ1) is 14.2. The fourth-order valence-corrected chi connectivity index (χ4v) is 1.66. The monoisotopic (exact) mass is 291 g/mol. The molecular weight excluding hydrogens is 282 g/mol. The van der Waals surface area contributed by atoms with E-state index < -0.39 is 22.0 Å². The van der Waals surface area contributed by atoms with Gasteiger partial charge in [0, 0.05) is 18.3 Å². The molecule has 0 bridgehead atoms. The van der Waals surface area contributed by atoms with E-state index >= 15 is 0 Å². The van der Waals surface area contributed by atoms with Crippen molar-refractivity contribution in [1.82, 2.24) is 9.78 Å². The molecule has 2 rings (SSSR count). The van der Waals surface area contributed by atoms with E-state index in [0.717, 1.165) is 10.7 Å². The van der Waals surface area contributed by atoms with Gasteiger partial charge in [-0.3, -0.25) is 14.9 Å². The molecule has 0 aliphatic carbocycles. The fourth-order valence-electron chi connectivity index (χ4n) is 1.66. The van der Waals surface area contributed by atoms with Crippen molar-refractivity contribution in [3.63, 3.8) is 0 Å². The molecule has 0 atom stereocenters. The van der Waals surface area contributed by atoms with Crippen LogP contribution in [0.4, 0.5) is 5.69 Å². The predicted molar refractivity (Wildman–Crippen MR) is 70.0 cm³/mol. The summed E-state index contributed by atoms with van der Waals surface area (Å²) in [5.74, 6) is -1.34. The maximum absolute atomic E-state index is 11.4. The SMILES string of the molecule is COc1cc([N+](=O)[O-])ccc1-n1ccc(=O)c(C(=O)O)n1. The normalized spacial score (nSPS) is 10.1. The van der Waals surface area contributed by atoms with Crippen molar-refractivity contribution in [3.05, 3.63) is 56.5 Å². The summed E-state index contributed by atoms with van der Waals surface area (Å²) < 4.78 is 6.13. The Morgan fingerprint density at radius 2 is 2.14 bits per heavy atom. The lowest BCUT2D eigenvalue weighted by Gasteiger charge is -2.10. The predicted octanol–water partition coefficient (Wildman–Crippen LogP) is 0.847. The molecule has 0 saturated heterocycles. The standard InChI is InChI=1S/C12H9N3O6/c1-21-10-6-7(15(19)20)2-3-8(10)14-5-4-9(16)11(13-14)12(17)18/h2-6H,1H3,(H,17,18). The average Bonchev–Trinajstić information content (AvgIpc) is 2.46. The van der Waals surface area contributed by atoms with Crippen LogP contribution in [0, 0.1) is 10.1 Å². The molecule has 1 heterocycles. The van der Waals surface area contributed by atoms with Gasteiger partial charge in [-0.15, -0.1) is 0 Å². The van der Waals surface area contributed by atoms with E-state index in [2.05, 4.69) is 5.10 Å². The van der Waals surface area contributed by atoms with Gasteiger partial charge in [-0.05, 0) is 6.07 Å². The number of ether oxygens (including phenoxy) is 1. The lowest BCUT2D eigenvalue weighted by Crippen LogP contribution is -2.20. The Bertz CT molecular complexity index is 783. The number of nitrogens with zero attached hydrogens (tertiary/aromatic N) is 3. The maximum atomic E-state index is 11.4. The molecule has 0 amide bonds. The van der Waals surface area contributed by atoms with Crippen molar-refractivity contribution >= 4 is 11.7 Å². The number of hydrogen-bond donors (Lipinski definition) is 1. The van der Waals surface area contributed by atoms with Crippen LogP contribution in [-0.4, -0.2) is 32.9 Å². The first-order valence-corrected chi connectivity index (χ1v) is 5.60. The number of nitro benzene ring substituents is 1. The molecule has 9 nitrogen and oxygen atoms in total. The summed E-state index contributed by atoms with van der Waals surface area (Å²) in [7, 11) is 1.31. The second kappa shape index (κ2) is 5.41. The van der Waals surface area contributed by atoms with Gasteiger partial charge in [0.25, 0.3) is 5.69 Å². The number of carboxylic acids is 1. The highest BCUT2D eigenvalue weighted by Gasteiger charge is 2.16. The molecule has 0 radical (unpaired) electrons. The number of aromatic carboxylic acids is 1. The van der Waals surface area contributed by atoms with Crippen LogP contribution >= 0.6 is 0 Å². The van der Waals surface area contributed by atoms with Gasteiger partial charge >= 0.3 is 5.97 Å². The molecule has 0 unspecified atom stereocenters. The number of hydrogen-bond acceptors (Lipinski definition) is 6. The number of carbonyl (C=O) groups is 1. The Morgan fingerprint density at radius 3 is 2.71 bits per heavy atom. The van der Waals surface area contributed by atoms with Crippen LogP contribution < -0.4 is 10.2 Å². The van der Waals surface area contributed by atoms with Crippen LogP contribution in [0.25, 0.3) is 5.69 Å². The zero-order valence-corrected chi connectivity index (χ0v) is 10.7. The smallest absolute Gasteiger partial charge is 0.360 e. The fraction of sp³-hybridized carbons (Fsp3) is 0.0833. The van der Waals surface area contributed by atoms with E-state index in [4.69, 9.17) is 9.84 Å². The van der Waals surface area contributed by atoms with E-state index in [1.54, 1.807) is 0 Å². The molecule has 9 heteroatoms. The Hall–Kier alpha value is -3.23. The summed E-state index contributed by atoms with van der Waals surface area (Å²) in [5.41, 5.74) is -1.31. The molecule has 2 aromatic rings. The van der Waals surface area contributed by atoms with E-state index in [9.17, 15) is 19.7 Å². The zero-order chi connectivity index (χ0) is 15.6. The zero-order valence-electron chi connectivity index (χ0n) is 10.7. The van der Waals surface area contributed by atoms with E-state index in [1.807, 2.05) is 0 Å². The van der Waals surface area contributed by atoms with Crippen LogP contribution in [0.1, 0.15) is 10.5 Å². The molecule has 0 saturated carbocycles. The third-order valence-corrected chi connectivity index (χ3v) is 2.63.